The number of halogens is 1. The van der Waals surface area contributed by atoms with Gasteiger partial charge in [-0.3, -0.25) is 15.6 Å². The van der Waals surface area contributed by atoms with Crippen molar-refractivity contribution in [1.29, 1.82) is 0 Å². The molecule has 1 aromatic heterocycles. The summed E-state index contributed by atoms with van der Waals surface area (Å²) in [6.45, 7) is 4.30. The summed E-state index contributed by atoms with van der Waals surface area (Å²) in [5, 5.41) is 3.59. The van der Waals surface area contributed by atoms with Crippen molar-refractivity contribution in [2.24, 2.45) is 5.92 Å². The molecular formula is C22H23ClN6O3. The van der Waals surface area contributed by atoms with Crippen LogP contribution in [-0.4, -0.2) is 28.5 Å². The molecule has 10 heteroatoms. The van der Waals surface area contributed by atoms with Crippen LogP contribution in [0.5, 0.6) is 0 Å². The number of ether oxygens (including phenoxy) is 1. The van der Waals surface area contributed by atoms with E-state index in [-0.39, 0.29) is 29.3 Å². The average Bonchev–Trinajstić information content (AvgIpc) is 2.78. The predicted octanol–water partition coefficient (Wildman–Crippen LogP) is 4.03. The van der Waals surface area contributed by atoms with Crippen molar-refractivity contribution in [3.8, 4) is 0 Å². The van der Waals surface area contributed by atoms with Gasteiger partial charge in [0.05, 0.1) is 12.2 Å². The summed E-state index contributed by atoms with van der Waals surface area (Å²) < 4.78 is 5.22. The molecule has 1 heterocycles. The standard InChI is InChI=1S/C22H23ClN6O3/c1-13(2)11-32-22(31)15-5-9-17(10-6-15)27-19-18(24)20(26-12-25-19)28-29-21(30)14-3-7-16(23)8-4-14/h3-10,12-13H,11,24H2,1-2H3,(H,29,30)(H2,25,26,27,28). The Morgan fingerprint density at radius 1 is 1.00 bits per heavy atom. The van der Waals surface area contributed by atoms with Crippen molar-refractivity contribution in [2.45, 2.75) is 13.8 Å². The van der Waals surface area contributed by atoms with Crippen molar-refractivity contribution < 1.29 is 14.3 Å². The SMILES string of the molecule is CC(C)COC(=O)c1ccc(Nc2ncnc(NNC(=O)c3ccc(Cl)cc3)c2N)cc1. The number of nitrogens with zero attached hydrogens (tertiary/aromatic N) is 2. The van der Waals surface area contributed by atoms with Crippen LogP contribution in [0.1, 0.15) is 34.6 Å². The second-order valence-corrected chi connectivity index (χ2v) is 7.70. The molecule has 2 aromatic carbocycles. The largest absolute Gasteiger partial charge is 0.462 e. The van der Waals surface area contributed by atoms with Gasteiger partial charge in [0.2, 0.25) is 0 Å². The molecule has 1 amide bonds. The van der Waals surface area contributed by atoms with Gasteiger partial charge in [-0.2, -0.15) is 0 Å². The van der Waals surface area contributed by atoms with Gasteiger partial charge >= 0.3 is 5.97 Å². The smallest absolute Gasteiger partial charge is 0.338 e. The van der Waals surface area contributed by atoms with E-state index in [0.717, 1.165) is 0 Å². The quantitative estimate of drug-likeness (QED) is 0.296. The average molecular weight is 455 g/mol. The topological polar surface area (TPSA) is 131 Å². The Balaban J connectivity index is 1.63. The van der Waals surface area contributed by atoms with Gasteiger partial charge in [-0.25, -0.2) is 14.8 Å². The minimum atomic E-state index is -0.380. The van der Waals surface area contributed by atoms with Crippen LogP contribution in [0.2, 0.25) is 5.02 Å². The van der Waals surface area contributed by atoms with E-state index in [4.69, 9.17) is 22.1 Å². The van der Waals surface area contributed by atoms with E-state index >= 15 is 0 Å². The molecule has 0 radical (unpaired) electrons. The highest BCUT2D eigenvalue weighted by Gasteiger charge is 2.12. The fraction of sp³-hybridized carbons (Fsp3) is 0.182. The highest BCUT2D eigenvalue weighted by atomic mass is 35.5. The van der Waals surface area contributed by atoms with Gasteiger partial charge in [0, 0.05) is 16.3 Å². The van der Waals surface area contributed by atoms with E-state index in [1.165, 1.54) is 6.33 Å². The highest BCUT2D eigenvalue weighted by molar-refractivity contribution is 6.30. The lowest BCUT2D eigenvalue weighted by Crippen LogP contribution is -2.30. The Morgan fingerprint density at radius 3 is 2.28 bits per heavy atom. The van der Waals surface area contributed by atoms with Crippen LogP contribution in [0.25, 0.3) is 0 Å². The number of nitrogens with two attached hydrogens (primary N) is 1. The highest BCUT2D eigenvalue weighted by Crippen LogP contribution is 2.25. The van der Waals surface area contributed by atoms with Crippen LogP contribution < -0.4 is 21.9 Å². The zero-order chi connectivity index (χ0) is 23.1. The molecule has 0 aliphatic rings. The van der Waals surface area contributed by atoms with Crippen molar-refractivity contribution in [2.75, 3.05) is 23.1 Å². The maximum absolute atomic E-state index is 12.2. The Morgan fingerprint density at radius 2 is 1.62 bits per heavy atom. The molecular weight excluding hydrogens is 432 g/mol. The third kappa shape index (κ3) is 6.08. The first-order valence-electron chi connectivity index (χ1n) is 9.80. The van der Waals surface area contributed by atoms with Gasteiger partial charge in [-0.1, -0.05) is 25.4 Å². The fourth-order valence-electron chi connectivity index (χ4n) is 2.54. The molecule has 3 rings (SSSR count). The number of anilines is 4. The van der Waals surface area contributed by atoms with Gasteiger partial charge in [0.25, 0.3) is 5.91 Å². The maximum atomic E-state index is 12.2. The van der Waals surface area contributed by atoms with E-state index in [9.17, 15) is 9.59 Å². The monoisotopic (exact) mass is 454 g/mol. The number of hydrogen-bond acceptors (Lipinski definition) is 8. The van der Waals surface area contributed by atoms with Crippen LogP contribution in [-0.2, 0) is 4.74 Å². The van der Waals surface area contributed by atoms with Crippen LogP contribution in [0.15, 0.2) is 54.9 Å². The van der Waals surface area contributed by atoms with Gasteiger partial charge in [0.15, 0.2) is 11.6 Å². The van der Waals surface area contributed by atoms with Gasteiger partial charge in [-0.05, 0) is 54.4 Å². The molecule has 0 aliphatic carbocycles. The van der Waals surface area contributed by atoms with E-state index in [1.54, 1.807) is 48.5 Å². The molecule has 9 nitrogen and oxygen atoms in total. The second-order valence-electron chi connectivity index (χ2n) is 7.27. The Bertz CT molecular complexity index is 1090. The minimum absolute atomic E-state index is 0.198. The van der Waals surface area contributed by atoms with Crippen LogP contribution in [0.4, 0.5) is 23.0 Å². The van der Waals surface area contributed by atoms with Gasteiger partial charge in [-0.15, -0.1) is 0 Å². The second kappa shape index (κ2) is 10.5. The zero-order valence-corrected chi connectivity index (χ0v) is 18.3. The number of nitrogen functional groups attached to an aromatic ring is 1. The number of aromatic nitrogens is 2. The molecule has 0 aliphatic heterocycles. The van der Waals surface area contributed by atoms with Crippen LogP contribution in [0, 0.1) is 5.92 Å². The maximum Gasteiger partial charge on any atom is 0.338 e. The molecule has 5 N–H and O–H groups in total. The van der Waals surface area contributed by atoms with Crippen LogP contribution >= 0.6 is 11.6 Å². The third-order valence-corrected chi connectivity index (χ3v) is 4.47. The predicted molar refractivity (Wildman–Crippen MR) is 124 cm³/mol. The zero-order valence-electron chi connectivity index (χ0n) is 17.6. The summed E-state index contributed by atoms with van der Waals surface area (Å²) in [7, 11) is 0. The minimum Gasteiger partial charge on any atom is -0.462 e. The molecule has 0 unspecified atom stereocenters. The summed E-state index contributed by atoms with van der Waals surface area (Å²) in [6, 6.07) is 13.1. The number of esters is 1. The third-order valence-electron chi connectivity index (χ3n) is 4.22. The Kier molecular flexibility index (Phi) is 7.45. The summed E-state index contributed by atoms with van der Waals surface area (Å²) in [6.07, 6.45) is 1.30. The Hall–Kier alpha value is -3.85. The molecule has 166 valence electrons. The van der Waals surface area contributed by atoms with Gasteiger partial charge in [0.1, 0.15) is 12.0 Å². The molecule has 0 saturated carbocycles. The molecule has 0 atom stereocenters. The lowest BCUT2D eigenvalue weighted by atomic mass is 10.2. The number of hydrogen-bond donors (Lipinski definition) is 4. The number of rotatable bonds is 8. The summed E-state index contributed by atoms with van der Waals surface area (Å²) in [4.78, 5) is 32.4. The lowest BCUT2D eigenvalue weighted by Gasteiger charge is -2.13. The lowest BCUT2D eigenvalue weighted by molar-refractivity contribution is 0.0459. The first-order chi connectivity index (χ1) is 15.3. The first kappa shape index (κ1) is 22.8. The van der Waals surface area contributed by atoms with Crippen LogP contribution in [0.3, 0.4) is 0 Å². The molecule has 0 spiro atoms. The van der Waals surface area contributed by atoms with Crippen molar-refractivity contribution in [3.05, 3.63) is 71.0 Å². The molecule has 0 fully saturated rings. The number of carbonyl (C=O) groups excluding carboxylic acids is 2. The van der Waals surface area contributed by atoms with Crippen molar-refractivity contribution >= 4 is 46.5 Å². The van der Waals surface area contributed by atoms with Gasteiger partial charge < -0.3 is 15.8 Å². The molecule has 0 saturated heterocycles. The summed E-state index contributed by atoms with van der Waals surface area (Å²) >= 11 is 5.83. The number of hydrazine groups is 1. The first-order valence-corrected chi connectivity index (χ1v) is 10.2. The summed E-state index contributed by atoms with van der Waals surface area (Å²) in [5.41, 5.74) is 13.1. The fourth-order valence-corrected chi connectivity index (χ4v) is 2.66. The molecule has 32 heavy (non-hydrogen) atoms. The Labute approximate surface area is 190 Å². The summed E-state index contributed by atoms with van der Waals surface area (Å²) in [5.74, 6) is 0.0559. The van der Waals surface area contributed by atoms with E-state index < -0.39 is 0 Å². The molecule has 3 aromatic rings. The van der Waals surface area contributed by atoms with E-state index in [2.05, 4.69) is 26.1 Å². The van der Waals surface area contributed by atoms with E-state index in [0.29, 0.717) is 34.3 Å². The van der Waals surface area contributed by atoms with E-state index in [1.807, 2.05) is 13.8 Å². The molecule has 0 bridgehead atoms. The number of carbonyl (C=O) groups is 2. The van der Waals surface area contributed by atoms with Crippen molar-refractivity contribution in [3.63, 3.8) is 0 Å². The number of benzene rings is 2. The number of amides is 1. The van der Waals surface area contributed by atoms with Crippen molar-refractivity contribution in [1.82, 2.24) is 15.4 Å². The normalized spacial score (nSPS) is 10.5. The number of nitrogens with one attached hydrogen (secondary N) is 3.